The number of H-pyrrole nitrogens is 2. The summed E-state index contributed by atoms with van der Waals surface area (Å²) in [6, 6.07) is 8.88. The Kier molecular flexibility index (Phi) is 2.83. The van der Waals surface area contributed by atoms with Crippen molar-refractivity contribution in [2.75, 3.05) is 5.32 Å². The highest BCUT2D eigenvalue weighted by Crippen LogP contribution is 2.24. The third-order valence-corrected chi connectivity index (χ3v) is 3.77. The van der Waals surface area contributed by atoms with E-state index in [-0.39, 0.29) is 5.91 Å². The molecular formula is C15H10ClN5O. The molecule has 2 aromatic carbocycles. The first kappa shape index (κ1) is 12.8. The molecule has 0 bridgehead atoms. The van der Waals surface area contributed by atoms with E-state index in [0.717, 1.165) is 16.4 Å². The lowest BCUT2D eigenvalue weighted by molar-refractivity contribution is 0.102. The maximum Gasteiger partial charge on any atom is 0.257 e. The third kappa shape index (κ3) is 2.10. The number of imidazole rings is 1. The third-order valence-electron chi connectivity index (χ3n) is 3.45. The monoisotopic (exact) mass is 311 g/mol. The van der Waals surface area contributed by atoms with Crippen LogP contribution in [0, 0.1) is 0 Å². The molecule has 0 fully saturated rings. The molecule has 22 heavy (non-hydrogen) atoms. The highest BCUT2D eigenvalue weighted by Gasteiger charge is 2.13. The van der Waals surface area contributed by atoms with Crippen LogP contribution in [0.4, 0.5) is 5.69 Å². The zero-order valence-corrected chi connectivity index (χ0v) is 12.0. The van der Waals surface area contributed by atoms with Gasteiger partial charge >= 0.3 is 0 Å². The van der Waals surface area contributed by atoms with Gasteiger partial charge in [-0.2, -0.15) is 5.10 Å². The predicted octanol–water partition coefficient (Wildman–Crippen LogP) is 3.34. The van der Waals surface area contributed by atoms with Crippen LogP contribution in [0.1, 0.15) is 10.4 Å². The van der Waals surface area contributed by atoms with Crippen LogP contribution in [-0.2, 0) is 0 Å². The van der Waals surface area contributed by atoms with Crippen LogP contribution in [-0.4, -0.2) is 26.1 Å². The van der Waals surface area contributed by atoms with Crippen LogP contribution in [0.15, 0.2) is 42.9 Å². The summed E-state index contributed by atoms with van der Waals surface area (Å²) in [5, 5.41) is 11.0. The van der Waals surface area contributed by atoms with Crippen molar-refractivity contribution in [3.63, 3.8) is 0 Å². The summed E-state index contributed by atoms with van der Waals surface area (Å²) < 4.78 is 0. The van der Waals surface area contributed by atoms with Crippen molar-refractivity contribution in [2.24, 2.45) is 0 Å². The molecule has 4 aromatic rings. The highest BCUT2D eigenvalue weighted by atomic mass is 35.5. The van der Waals surface area contributed by atoms with Crippen LogP contribution < -0.4 is 5.32 Å². The molecule has 0 radical (unpaired) electrons. The quantitative estimate of drug-likeness (QED) is 0.530. The maximum absolute atomic E-state index is 12.4. The number of halogens is 1. The molecule has 7 heteroatoms. The first-order valence-electron chi connectivity index (χ1n) is 6.58. The standard InChI is InChI=1S/C15H10ClN5O/c16-11-5-14-13(17-7-18-14)4-10(11)15(22)20-9-2-1-8-6-19-21-12(8)3-9/h1-7H,(H,17,18)(H,19,21)(H,20,22). The second-order valence-electron chi connectivity index (χ2n) is 4.88. The summed E-state index contributed by atoms with van der Waals surface area (Å²) in [6.45, 7) is 0. The number of hydrogen-bond donors (Lipinski definition) is 3. The Morgan fingerprint density at radius 1 is 1.18 bits per heavy atom. The summed E-state index contributed by atoms with van der Waals surface area (Å²) >= 11 is 6.17. The first-order valence-corrected chi connectivity index (χ1v) is 6.95. The molecule has 0 atom stereocenters. The van der Waals surface area contributed by atoms with Crippen molar-refractivity contribution in [1.29, 1.82) is 0 Å². The molecule has 108 valence electrons. The maximum atomic E-state index is 12.4. The molecule has 4 rings (SSSR count). The van der Waals surface area contributed by atoms with Gasteiger partial charge in [-0.15, -0.1) is 0 Å². The van der Waals surface area contributed by atoms with Gasteiger partial charge in [0.25, 0.3) is 5.91 Å². The van der Waals surface area contributed by atoms with Gasteiger partial charge in [0.2, 0.25) is 0 Å². The van der Waals surface area contributed by atoms with E-state index in [9.17, 15) is 4.79 Å². The van der Waals surface area contributed by atoms with Crippen LogP contribution >= 0.6 is 11.6 Å². The molecule has 0 aliphatic heterocycles. The normalized spacial score (nSPS) is 11.1. The van der Waals surface area contributed by atoms with Crippen LogP contribution in [0.25, 0.3) is 21.9 Å². The Morgan fingerprint density at radius 2 is 2.09 bits per heavy atom. The van der Waals surface area contributed by atoms with E-state index in [4.69, 9.17) is 11.6 Å². The number of hydrogen-bond acceptors (Lipinski definition) is 3. The smallest absolute Gasteiger partial charge is 0.257 e. The lowest BCUT2D eigenvalue weighted by Crippen LogP contribution is -2.12. The second kappa shape index (κ2) is 4.85. The molecule has 0 aliphatic rings. The van der Waals surface area contributed by atoms with Crippen molar-refractivity contribution >= 4 is 45.1 Å². The summed E-state index contributed by atoms with van der Waals surface area (Å²) in [7, 11) is 0. The average Bonchev–Trinajstić information content (AvgIpc) is 3.13. The SMILES string of the molecule is O=C(Nc1ccc2cn[nH]c2c1)c1cc2nc[nH]c2cc1Cl. The molecule has 2 aromatic heterocycles. The Hall–Kier alpha value is -2.86. The highest BCUT2D eigenvalue weighted by molar-refractivity contribution is 6.35. The minimum absolute atomic E-state index is 0.284. The Morgan fingerprint density at radius 3 is 3.00 bits per heavy atom. The fourth-order valence-electron chi connectivity index (χ4n) is 2.34. The summed E-state index contributed by atoms with van der Waals surface area (Å²) in [4.78, 5) is 19.5. The van der Waals surface area contributed by atoms with E-state index in [0.29, 0.717) is 21.8 Å². The van der Waals surface area contributed by atoms with Gasteiger partial charge in [-0.1, -0.05) is 11.6 Å². The van der Waals surface area contributed by atoms with Gasteiger partial charge in [0.05, 0.1) is 39.7 Å². The number of nitrogens with zero attached hydrogens (tertiary/aromatic N) is 2. The molecule has 0 unspecified atom stereocenters. The second-order valence-corrected chi connectivity index (χ2v) is 5.29. The van der Waals surface area contributed by atoms with E-state index in [1.807, 2.05) is 18.2 Å². The van der Waals surface area contributed by atoms with E-state index < -0.39 is 0 Å². The van der Waals surface area contributed by atoms with Crippen LogP contribution in [0.5, 0.6) is 0 Å². The summed E-state index contributed by atoms with van der Waals surface area (Å²) in [6.07, 6.45) is 3.29. The number of nitrogens with one attached hydrogen (secondary N) is 3. The fraction of sp³-hybridized carbons (Fsp3) is 0. The predicted molar refractivity (Wildman–Crippen MR) is 85.2 cm³/mol. The summed E-state index contributed by atoms with van der Waals surface area (Å²) in [5.41, 5.74) is 3.39. The minimum Gasteiger partial charge on any atom is -0.345 e. The number of aromatic nitrogens is 4. The van der Waals surface area contributed by atoms with Crippen molar-refractivity contribution in [3.05, 3.63) is 53.4 Å². The van der Waals surface area contributed by atoms with Gasteiger partial charge < -0.3 is 10.3 Å². The molecule has 0 saturated carbocycles. The van der Waals surface area contributed by atoms with E-state index in [1.165, 1.54) is 0 Å². The molecular weight excluding hydrogens is 302 g/mol. The molecule has 3 N–H and O–H groups in total. The van der Waals surface area contributed by atoms with E-state index >= 15 is 0 Å². The Bertz CT molecular complexity index is 1000. The van der Waals surface area contributed by atoms with Gasteiger partial charge in [-0.3, -0.25) is 9.89 Å². The van der Waals surface area contributed by atoms with Gasteiger partial charge in [-0.25, -0.2) is 4.98 Å². The molecule has 1 amide bonds. The number of rotatable bonds is 2. The number of carbonyl (C=O) groups is 1. The Balaban J connectivity index is 1.68. The zero-order chi connectivity index (χ0) is 15.1. The lowest BCUT2D eigenvalue weighted by atomic mass is 10.1. The van der Waals surface area contributed by atoms with Crippen molar-refractivity contribution in [1.82, 2.24) is 20.2 Å². The Labute approximate surface area is 129 Å². The molecule has 0 aliphatic carbocycles. The van der Waals surface area contributed by atoms with Crippen molar-refractivity contribution in [3.8, 4) is 0 Å². The van der Waals surface area contributed by atoms with E-state index in [2.05, 4.69) is 25.5 Å². The van der Waals surface area contributed by atoms with Gasteiger partial charge in [-0.05, 0) is 30.3 Å². The largest absolute Gasteiger partial charge is 0.345 e. The minimum atomic E-state index is -0.284. The van der Waals surface area contributed by atoms with E-state index in [1.54, 1.807) is 24.7 Å². The van der Waals surface area contributed by atoms with Crippen LogP contribution in [0.2, 0.25) is 5.02 Å². The number of anilines is 1. The van der Waals surface area contributed by atoms with Gasteiger partial charge in [0, 0.05) is 11.1 Å². The molecule has 0 spiro atoms. The number of benzene rings is 2. The fourth-order valence-corrected chi connectivity index (χ4v) is 2.59. The lowest BCUT2D eigenvalue weighted by Gasteiger charge is -2.07. The van der Waals surface area contributed by atoms with Gasteiger partial charge in [0.1, 0.15) is 0 Å². The molecule has 0 saturated heterocycles. The van der Waals surface area contributed by atoms with Gasteiger partial charge in [0.15, 0.2) is 0 Å². The number of carbonyl (C=O) groups excluding carboxylic acids is 1. The topological polar surface area (TPSA) is 86.5 Å². The van der Waals surface area contributed by atoms with Crippen molar-refractivity contribution < 1.29 is 4.79 Å². The molecule has 6 nitrogen and oxygen atoms in total. The summed E-state index contributed by atoms with van der Waals surface area (Å²) in [5.74, 6) is -0.284. The number of fused-ring (bicyclic) bond motifs is 2. The zero-order valence-electron chi connectivity index (χ0n) is 11.2. The average molecular weight is 312 g/mol. The number of aromatic amines is 2. The molecule has 2 heterocycles. The van der Waals surface area contributed by atoms with Crippen molar-refractivity contribution in [2.45, 2.75) is 0 Å². The first-order chi connectivity index (χ1) is 10.7. The van der Waals surface area contributed by atoms with Crippen LogP contribution in [0.3, 0.4) is 0 Å². The number of amides is 1.